The molecule has 3 aliphatic rings. The van der Waals surface area contributed by atoms with Crippen LogP contribution in [-0.2, 0) is 59.4 Å². The summed E-state index contributed by atoms with van der Waals surface area (Å²) in [5.41, 5.74) is 15.0. The number of hydrogen-bond donors (Lipinski definition) is 4. The van der Waals surface area contributed by atoms with Gasteiger partial charge in [-0.2, -0.15) is 0 Å². The van der Waals surface area contributed by atoms with Crippen molar-refractivity contribution in [3.63, 3.8) is 0 Å². The molecule has 2 aromatic heterocycles. The number of phenols is 1. The number of nitrogens with two attached hydrogens (primary N) is 1. The highest BCUT2D eigenvalue weighted by Gasteiger charge is 2.44. The molecular formula is C47H61N7O8. The van der Waals surface area contributed by atoms with Crippen LogP contribution < -0.4 is 16.5 Å². The number of hydrazine groups is 1. The van der Waals surface area contributed by atoms with Crippen molar-refractivity contribution >= 4 is 34.6 Å². The van der Waals surface area contributed by atoms with Gasteiger partial charge in [-0.15, -0.1) is 0 Å². The van der Waals surface area contributed by atoms with Gasteiger partial charge < -0.3 is 39.8 Å². The number of ether oxygens (including phenoxy) is 3. The Morgan fingerprint density at radius 3 is 2.63 bits per heavy atom. The first kappa shape index (κ1) is 44.7. The van der Waals surface area contributed by atoms with Crippen molar-refractivity contribution in [1.82, 2.24) is 30.2 Å². The third-order valence-electron chi connectivity index (χ3n) is 12.4. The van der Waals surface area contributed by atoms with Crippen LogP contribution in [0.3, 0.4) is 0 Å². The molecule has 5 N–H and O–H groups in total. The number of fused-ring (bicyclic) bond motifs is 6. The number of benzene rings is 2. The van der Waals surface area contributed by atoms with Crippen molar-refractivity contribution in [2.45, 2.75) is 104 Å². The zero-order chi connectivity index (χ0) is 44.5. The zero-order valence-electron chi connectivity index (χ0n) is 37.0. The molecule has 2 aromatic carbocycles. The smallest absolute Gasteiger partial charge is 0.324 e. The van der Waals surface area contributed by atoms with Gasteiger partial charge >= 0.3 is 5.97 Å². The molecule has 4 aromatic rings. The molecule has 0 saturated carbocycles. The van der Waals surface area contributed by atoms with Gasteiger partial charge in [-0.05, 0) is 96.7 Å². The minimum atomic E-state index is -1.26. The van der Waals surface area contributed by atoms with E-state index in [1.54, 1.807) is 32.5 Å². The van der Waals surface area contributed by atoms with E-state index in [0.29, 0.717) is 51.0 Å². The van der Waals surface area contributed by atoms with Crippen LogP contribution >= 0.6 is 0 Å². The van der Waals surface area contributed by atoms with Crippen LogP contribution in [0.15, 0.2) is 54.9 Å². The number of esters is 1. The lowest BCUT2D eigenvalue weighted by molar-refractivity contribution is -0.155. The molecule has 3 aliphatic heterocycles. The topological polar surface area (TPSA) is 191 Å². The van der Waals surface area contributed by atoms with Gasteiger partial charge in [-0.1, -0.05) is 39.8 Å². The predicted molar refractivity (Wildman–Crippen MR) is 234 cm³/mol. The van der Waals surface area contributed by atoms with E-state index < -0.39 is 52.8 Å². The van der Waals surface area contributed by atoms with Crippen molar-refractivity contribution in [1.29, 1.82) is 0 Å². The Balaban J connectivity index is 1.34. The van der Waals surface area contributed by atoms with Crippen LogP contribution in [0, 0.1) is 11.3 Å². The van der Waals surface area contributed by atoms with E-state index in [-0.39, 0.29) is 37.8 Å². The van der Waals surface area contributed by atoms with Gasteiger partial charge in [-0.25, -0.2) is 5.43 Å². The molecule has 0 aliphatic carbocycles. The summed E-state index contributed by atoms with van der Waals surface area (Å²) >= 11 is 0. The molecule has 62 heavy (non-hydrogen) atoms. The molecule has 15 heteroatoms. The van der Waals surface area contributed by atoms with Crippen molar-refractivity contribution in [2.75, 3.05) is 40.5 Å². The van der Waals surface area contributed by atoms with Gasteiger partial charge in [0.1, 0.15) is 29.4 Å². The number of cyclic esters (lactones) is 1. The molecular weight excluding hydrogens is 791 g/mol. The average molecular weight is 852 g/mol. The number of likely N-dealkylation sites (N-methyl/N-ethyl adjacent to an activating group) is 1. The Morgan fingerprint density at radius 2 is 1.92 bits per heavy atom. The molecule has 2 fully saturated rings. The molecule has 3 amide bonds. The molecule has 7 rings (SSSR count). The summed E-state index contributed by atoms with van der Waals surface area (Å²) in [5, 5.41) is 16.6. The van der Waals surface area contributed by atoms with Crippen molar-refractivity contribution in [2.24, 2.45) is 17.1 Å². The van der Waals surface area contributed by atoms with E-state index in [0.717, 1.165) is 44.4 Å². The first-order chi connectivity index (χ1) is 29.5. The highest BCUT2D eigenvalue weighted by atomic mass is 16.5. The number of nitrogens with one attached hydrogen (secondary N) is 2. The van der Waals surface area contributed by atoms with E-state index in [1.165, 1.54) is 9.91 Å². The number of aryl methyl sites for hydroxylation is 1. The number of carbonyl (C=O) groups excluding carboxylic acids is 4. The third-order valence-corrected chi connectivity index (χ3v) is 12.4. The second kappa shape index (κ2) is 18.2. The Hall–Kier alpha value is -5.35. The van der Waals surface area contributed by atoms with Gasteiger partial charge in [-0.3, -0.25) is 29.2 Å². The maximum absolute atomic E-state index is 14.6. The van der Waals surface area contributed by atoms with Gasteiger partial charge in [0.2, 0.25) is 11.8 Å². The third kappa shape index (κ3) is 9.08. The SMILES string of the molecule is CCn1c(-c2cnccc2COC)c2c3cc(ccc31)-c1cc(O)cc(c1)C[C@H](NC(=O)C(C(C)C)N(C)C(=O)[C@@]1(N)CCOC1)C(=O)N1CCC[C@H](N1)C(=O)OCC(C)(C)C2. The fourth-order valence-electron chi connectivity index (χ4n) is 9.34. The fourth-order valence-corrected chi connectivity index (χ4v) is 9.34. The van der Waals surface area contributed by atoms with Crippen molar-refractivity contribution in [3.05, 3.63) is 71.5 Å². The number of hydrogen-bond acceptors (Lipinski definition) is 11. The van der Waals surface area contributed by atoms with Gasteiger partial charge in [0.05, 0.1) is 25.5 Å². The molecule has 0 radical (unpaired) electrons. The Bertz CT molecular complexity index is 2330. The second-order valence-corrected chi connectivity index (χ2v) is 18.2. The summed E-state index contributed by atoms with van der Waals surface area (Å²) in [5.74, 6) is -2.26. The van der Waals surface area contributed by atoms with Crippen molar-refractivity contribution < 1.29 is 38.5 Å². The summed E-state index contributed by atoms with van der Waals surface area (Å²) in [4.78, 5) is 62.5. The monoisotopic (exact) mass is 851 g/mol. The zero-order valence-corrected chi connectivity index (χ0v) is 37.0. The summed E-state index contributed by atoms with van der Waals surface area (Å²) in [6, 6.07) is 10.5. The number of amides is 3. The lowest BCUT2D eigenvalue weighted by Crippen LogP contribution is -2.64. The number of pyridine rings is 1. The standard InChI is InChI=1S/C47H61N7O8/c1-8-53-39-12-11-30-22-34(39)35(41(53)36-24-49-15-13-31(36)25-60-7)23-46(4,5)26-62-44(58)37-10-9-16-54(51-37)43(57)38(20-29-18-32(30)21-33(55)19-29)50-42(56)40(28(2)3)52(6)45(59)47(48)14-17-61-27-47/h11-13,15,18-19,21-22,24,28,37-38,40,51,55H,8-10,14,16-17,20,23,25-27,48H2,1-7H3,(H,50,56)/t37-,38-,40?,47+/m0/s1. The highest BCUT2D eigenvalue weighted by molar-refractivity contribution is 5.96. The number of phenolic OH excluding ortho intramolecular Hbond substituents is 1. The number of nitrogens with zero attached hydrogens (tertiary/aromatic N) is 4. The van der Waals surface area contributed by atoms with E-state index in [4.69, 9.17) is 19.9 Å². The fraction of sp³-hybridized carbons (Fsp3) is 0.511. The lowest BCUT2D eigenvalue weighted by Gasteiger charge is -2.37. The van der Waals surface area contributed by atoms with Crippen LogP contribution in [0.4, 0.5) is 0 Å². The van der Waals surface area contributed by atoms with E-state index in [1.807, 2.05) is 38.2 Å². The molecule has 15 nitrogen and oxygen atoms in total. The molecule has 1 unspecified atom stereocenters. The Morgan fingerprint density at radius 1 is 1.13 bits per heavy atom. The molecule has 5 heterocycles. The van der Waals surface area contributed by atoms with Crippen LogP contribution in [0.5, 0.6) is 5.75 Å². The van der Waals surface area contributed by atoms with Gasteiger partial charge in [0.25, 0.3) is 5.91 Å². The summed E-state index contributed by atoms with van der Waals surface area (Å²) in [6.45, 7) is 11.8. The first-order valence-corrected chi connectivity index (χ1v) is 21.6. The van der Waals surface area contributed by atoms with Crippen LogP contribution in [-0.4, -0.2) is 112 Å². The van der Waals surface area contributed by atoms with E-state index in [9.17, 15) is 24.3 Å². The number of carbonyl (C=O) groups is 4. The number of aromatic nitrogens is 2. The Kier molecular flexibility index (Phi) is 13.1. The lowest BCUT2D eigenvalue weighted by atomic mass is 9.84. The maximum Gasteiger partial charge on any atom is 0.324 e. The quantitative estimate of drug-likeness (QED) is 0.174. The average Bonchev–Trinajstić information content (AvgIpc) is 3.82. The Labute approximate surface area is 363 Å². The molecule has 2 saturated heterocycles. The molecule has 332 valence electrons. The predicted octanol–water partition coefficient (Wildman–Crippen LogP) is 4.49. The van der Waals surface area contributed by atoms with Crippen LogP contribution in [0.25, 0.3) is 33.3 Å². The van der Waals surface area contributed by atoms with Gasteiger partial charge in [0.15, 0.2) is 0 Å². The summed E-state index contributed by atoms with van der Waals surface area (Å²) in [6.07, 6.45) is 5.48. The number of rotatable bonds is 9. The van der Waals surface area contributed by atoms with E-state index in [2.05, 4.69) is 53.2 Å². The largest absolute Gasteiger partial charge is 0.508 e. The molecule has 0 spiro atoms. The van der Waals surface area contributed by atoms with E-state index >= 15 is 0 Å². The highest BCUT2D eigenvalue weighted by Crippen LogP contribution is 2.41. The normalized spacial score (nSPS) is 22.3. The van der Waals surface area contributed by atoms with Crippen LogP contribution in [0.1, 0.15) is 70.6 Å². The molecule has 6 bridgehead atoms. The maximum atomic E-state index is 14.6. The summed E-state index contributed by atoms with van der Waals surface area (Å²) in [7, 11) is 3.22. The first-order valence-electron chi connectivity index (χ1n) is 21.6. The van der Waals surface area contributed by atoms with Crippen LogP contribution in [0.2, 0.25) is 0 Å². The van der Waals surface area contributed by atoms with Crippen molar-refractivity contribution in [3.8, 4) is 28.1 Å². The molecule has 4 atom stereocenters. The number of aromatic hydroxyl groups is 1. The number of methoxy groups -OCH3 is 1. The van der Waals surface area contributed by atoms with Gasteiger partial charge in [0, 0.05) is 74.5 Å². The summed E-state index contributed by atoms with van der Waals surface area (Å²) < 4.78 is 19.4. The minimum absolute atomic E-state index is 0.00225. The second-order valence-electron chi connectivity index (χ2n) is 18.2. The minimum Gasteiger partial charge on any atom is -0.508 e.